The first-order valence-electron chi connectivity index (χ1n) is 7.72. The van der Waals surface area contributed by atoms with Crippen LogP contribution >= 0.6 is 0 Å². The van der Waals surface area contributed by atoms with Crippen molar-refractivity contribution in [2.45, 2.75) is 57.7 Å². The molecule has 2 fully saturated rings. The van der Waals surface area contributed by atoms with Crippen LogP contribution in [-0.4, -0.2) is 33.8 Å². The predicted octanol–water partition coefficient (Wildman–Crippen LogP) is 2.17. The van der Waals surface area contributed by atoms with E-state index in [9.17, 15) is 0 Å². The van der Waals surface area contributed by atoms with Crippen LogP contribution in [0, 0.1) is 5.92 Å². The zero-order valence-corrected chi connectivity index (χ0v) is 12.0. The lowest BCUT2D eigenvalue weighted by Gasteiger charge is -2.34. The molecular formula is C15H26N4. The van der Waals surface area contributed by atoms with Gasteiger partial charge in [-0.05, 0) is 31.2 Å². The molecule has 106 valence electrons. The van der Waals surface area contributed by atoms with Gasteiger partial charge in [-0.25, -0.2) is 0 Å². The summed E-state index contributed by atoms with van der Waals surface area (Å²) in [4.78, 5) is 2.46. The lowest BCUT2D eigenvalue weighted by Crippen LogP contribution is -2.45. The van der Waals surface area contributed by atoms with E-state index in [4.69, 9.17) is 10.8 Å². The number of nitrogens with two attached hydrogens (primary N) is 1. The van der Waals surface area contributed by atoms with Gasteiger partial charge in [0.2, 0.25) is 0 Å². The zero-order chi connectivity index (χ0) is 13.2. The van der Waals surface area contributed by atoms with Crippen LogP contribution in [-0.2, 0) is 6.54 Å². The highest BCUT2D eigenvalue weighted by Crippen LogP contribution is 2.28. The fourth-order valence-electron chi connectivity index (χ4n) is 3.70. The Balaban J connectivity index is 1.60. The minimum Gasteiger partial charge on any atom is -0.327 e. The molecular weight excluding hydrogens is 236 g/mol. The molecule has 4 nitrogen and oxygen atoms in total. The Labute approximate surface area is 116 Å². The van der Waals surface area contributed by atoms with Gasteiger partial charge in [0.15, 0.2) is 0 Å². The Morgan fingerprint density at radius 2 is 2.11 bits per heavy atom. The van der Waals surface area contributed by atoms with Crippen LogP contribution < -0.4 is 5.73 Å². The van der Waals surface area contributed by atoms with Gasteiger partial charge >= 0.3 is 0 Å². The van der Waals surface area contributed by atoms with E-state index in [0.717, 1.165) is 26.1 Å². The predicted molar refractivity (Wildman–Crippen MR) is 76.8 cm³/mol. The van der Waals surface area contributed by atoms with Gasteiger partial charge in [0, 0.05) is 31.9 Å². The third-order valence-corrected chi connectivity index (χ3v) is 4.52. The summed E-state index contributed by atoms with van der Waals surface area (Å²) in [6, 6.07) is 3.17. The van der Waals surface area contributed by atoms with Gasteiger partial charge in [0.1, 0.15) is 0 Å². The van der Waals surface area contributed by atoms with Gasteiger partial charge < -0.3 is 5.73 Å². The molecule has 0 aromatic carbocycles. The van der Waals surface area contributed by atoms with Crippen LogP contribution in [0.5, 0.6) is 0 Å². The first-order valence-corrected chi connectivity index (χ1v) is 7.72. The zero-order valence-electron chi connectivity index (χ0n) is 12.0. The molecule has 4 heteroatoms. The molecule has 19 heavy (non-hydrogen) atoms. The fourth-order valence-corrected chi connectivity index (χ4v) is 3.70. The molecule has 2 N–H and O–H groups in total. The van der Waals surface area contributed by atoms with Crippen molar-refractivity contribution in [2.75, 3.05) is 13.1 Å². The average molecular weight is 262 g/mol. The van der Waals surface area contributed by atoms with E-state index in [1.54, 1.807) is 0 Å². The lowest BCUT2D eigenvalue weighted by molar-refractivity contribution is 0.156. The maximum atomic E-state index is 6.11. The molecule has 1 saturated heterocycles. The molecule has 2 unspecified atom stereocenters. The Bertz CT molecular complexity index is 398. The molecule has 0 spiro atoms. The van der Waals surface area contributed by atoms with Crippen molar-refractivity contribution in [3.05, 3.63) is 18.0 Å². The molecule has 0 radical (unpaired) electrons. The minimum atomic E-state index is 0.334. The van der Waals surface area contributed by atoms with Gasteiger partial charge in [0.25, 0.3) is 0 Å². The molecule has 2 atom stereocenters. The molecule has 1 aromatic rings. The van der Waals surface area contributed by atoms with Crippen LogP contribution in [0.3, 0.4) is 0 Å². The van der Waals surface area contributed by atoms with E-state index >= 15 is 0 Å². The molecule has 2 heterocycles. The number of aromatic nitrogens is 2. The Kier molecular flexibility index (Phi) is 3.89. The molecule has 3 rings (SSSR count). The molecule has 1 aliphatic heterocycles. The molecule has 1 aromatic heterocycles. The second-order valence-corrected chi connectivity index (χ2v) is 6.52. The van der Waals surface area contributed by atoms with E-state index in [-0.39, 0.29) is 0 Å². The highest BCUT2D eigenvalue weighted by Gasteiger charge is 2.23. The normalized spacial score (nSPS) is 30.0. The van der Waals surface area contributed by atoms with Crippen molar-refractivity contribution in [1.82, 2.24) is 14.7 Å². The highest BCUT2D eigenvalue weighted by molar-refractivity contribution is 5.01. The van der Waals surface area contributed by atoms with Gasteiger partial charge in [-0.1, -0.05) is 19.8 Å². The Morgan fingerprint density at radius 3 is 2.84 bits per heavy atom. The number of hydrogen-bond acceptors (Lipinski definition) is 3. The second-order valence-electron chi connectivity index (χ2n) is 6.52. The molecule has 1 saturated carbocycles. The van der Waals surface area contributed by atoms with Crippen LogP contribution in [0.25, 0.3) is 0 Å². The third-order valence-electron chi connectivity index (χ3n) is 4.52. The smallest absolute Gasteiger partial charge is 0.0764 e. The van der Waals surface area contributed by atoms with Crippen molar-refractivity contribution < 1.29 is 0 Å². The van der Waals surface area contributed by atoms with Gasteiger partial charge in [-0.3, -0.25) is 9.58 Å². The highest BCUT2D eigenvalue weighted by atomic mass is 15.3. The van der Waals surface area contributed by atoms with Crippen molar-refractivity contribution in [3.63, 3.8) is 0 Å². The van der Waals surface area contributed by atoms with Crippen LogP contribution in [0.2, 0.25) is 0 Å². The van der Waals surface area contributed by atoms with Crippen LogP contribution in [0.4, 0.5) is 0 Å². The molecule has 1 aliphatic carbocycles. The first kappa shape index (κ1) is 13.1. The lowest BCUT2D eigenvalue weighted by atomic mass is 9.96. The number of piperidine rings is 1. The van der Waals surface area contributed by atoms with Crippen molar-refractivity contribution >= 4 is 0 Å². The quantitative estimate of drug-likeness (QED) is 0.908. The SMILES string of the molecule is CC1CC(N)CN(Cc2ccn(C3CCCC3)n2)C1. The van der Waals surface area contributed by atoms with E-state index < -0.39 is 0 Å². The van der Waals surface area contributed by atoms with Crippen LogP contribution in [0.1, 0.15) is 50.8 Å². The summed E-state index contributed by atoms with van der Waals surface area (Å²) < 4.78 is 2.19. The summed E-state index contributed by atoms with van der Waals surface area (Å²) >= 11 is 0. The number of likely N-dealkylation sites (tertiary alicyclic amines) is 1. The number of hydrogen-bond donors (Lipinski definition) is 1. The monoisotopic (exact) mass is 262 g/mol. The average Bonchev–Trinajstić information content (AvgIpc) is 2.96. The standard InChI is InChI=1S/C15H26N4/c1-12-8-13(16)10-18(9-12)11-14-6-7-19(17-14)15-4-2-3-5-15/h6-7,12-13,15H,2-5,8-11,16H2,1H3. The van der Waals surface area contributed by atoms with Gasteiger partial charge in [0.05, 0.1) is 11.7 Å². The van der Waals surface area contributed by atoms with E-state index in [0.29, 0.717) is 18.0 Å². The molecule has 0 amide bonds. The maximum Gasteiger partial charge on any atom is 0.0764 e. The van der Waals surface area contributed by atoms with Crippen molar-refractivity contribution in [2.24, 2.45) is 11.7 Å². The third kappa shape index (κ3) is 3.18. The molecule has 2 aliphatic rings. The Hall–Kier alpha value is -0.870. The Morgan fingerprint density at radius 1 is 1.32 bits per heavy atom. The maximum absolute atomic E-state index is 6.11. The van der Waals surface area contributed by atoms with Gasteiger partial charge in [-0.15, -0.1) is 0 Å². The van der Waals surface area contributed by atoms with Crippen molar-refractivity contribution in [1.29, 1.82) is 0 Å². The number of rotatable bonds is 3. The summed E-state index contributed by atoms with van der Waals surface area (Å²) in [5.74, 6) is 0.709. The second kappa shape index (κ2) is 5.63. The fraction of sp³-hybridized carbons (Fsp3) is 0.800. The van der Waals surface area contributed by atoms with Crippen LogP contribution in [0.15, 0.2) is 12.3 Å². The largest absolute Gasteiger partial charge is 0.327 e. The minimum absolute atomic E-state index is 0.334. The van der Waals surface area contributed by atoms with Gasteiger partial charge in [-0.2, -0.15) is 5.10 Å². The summed E-state index contributed by atoms with van der Waals surface area (Å²) in [6.07, 6.45) is 8.64. The number of nitrogens with zero attached hydrogens (tertiary/aromatic N) is 3. The van der Waals surface area contributed by atoms with E-state index in [1.807, 2.05) is 0 Å². The van der Waals surface area contributed by atoms with E-state index in [2.05, 4.69) is 28.8 Å². The summed E-state index contributed by atoms with van der Waals surface area (Å²) in [5.41, 5.74) is 7.31. The summed E-state index contributed by atoms with van der Waals surface area (Å²) in [7, 11) is 0. The topological polar surface area (TPSA) is 47.1 Å². The van der Waals surface area contributed by atoms with E-state index in [1.165, 1.54) is 31.4 Å². The first-order chi connectivity index (χ1) is 9.20. The molecule has 0 bridgehead atoms. The summed E-state index contributed by atoms with van der Waals surface area (Å²) in [6.45, 7) is 5.42. The summed E-state index contributed by atoms with van der Waals surface area (Å²) in [5, 5.41) is 4.77. The van der Waals surface area contributed by atoms with Crippen molar-refractivity contribution in [3.8, 4) is 0 Å².